The van der Waals surface area contributed by atoms with Crippen molar-refractivity contribution in [3.63, 3.8) is 0 Å². The van der Waals surface area contributed by atoms with Gasteiger partial charge in [0.1, 0.15) is 5.75 Å². The van der Waals surface area contributed by atoms with E-state index in [4.69, 9.17) is 9.47 Å². The molecule has 0 radical (unpaired) electrons. The van der Waals surface area contributed by atoms with Gasteiger partial charge >= 0.3 is 0 Å². The number of hydrogen-bond acceptors (Lipinski definition) is 3. The lowest BCUT2D eigenvalue weighted by molar-refractivity contribution is 0.0691. The lowest BCUT2D eigenvalue weighted by Crippen LogP contribution is -2.41. The van der Waals surface area contributed by atoms with Gasteiger partial charge in [0.25, 0.3) is 0 Å². The summed E-state index contributed by atoms with van der Waals surface area (Å²) in [6.45, 7) is 3.33. The fraction of sp³-hybridized carbons (Fsp3) is 0.500. The zero-order chi connectivity index (χ0) is 10.3. The van der Waals surface area contributed by atoms with Gasteiger partial charge in [-0.1, -0.05) is 18.2 Å². The second-order valence-electron chi connectivity index (χ2n) is 3.68. The van der Waals surface area contributed by atoms with Crippen molar-refractivity contribution in [2.45, 2.75) is 12.5 Å². The molecule has 16 heavy (non-hydrogen) atoms. The van der Waals surface area contributed by atoms with Gasteiger partial charge in [0.05, 0.1) is 19.8 Å². The van der Waals surface area contributed by atoms with Crippen molar-refractivity contribution >= 4 is 12.4 Å². The van der Waals surface area contributed by atoms with E-state index in [1.807, 2.05) is 30.3 Å². The fourth-order valence-electron chi connectivity index (χ4n) is 1.64. The smallest absolute Gasteiger partial charge is 0.119 e. The SMILES string of the molecule is Cl.c1ccc(OCC[C@@H]2COCCN2)cc1. The quantitative estimate of drug-likeness (QED) is 0.876. The minimum atomic E-state index is 0. The maximum atomic E-state index is 5.61. The largest absolute Gasteiger partial charge is 0.494 e. The zero-order valence-electron chi connectivity index (χ0n) is 9.22. The molecule has 1 aromatic carbocycles. The Bertz CT molecular complexity index is 276. The number of morpholine rings is 1. The third-order valence-electron chi connectivity index (χ3n) is 2.48. The molecule has 3 nitrogen and oxygen atoms in total. The van der Waals surface area contributed by atoms with Crippen LogP contribution < -0.4 is 10.1 Å². The maximum absolute atomic E-state index is 5.61. The van der Waals surface area contributed by atoms with E-state index in [1.165, 1.54) is 0 Å². The first-order valence-electron chi connectivity index (χ1n) is 5.44. The second kappa shape index (κ2) is 7.49. The predicted molar refractivity (Wildman–Crippen MR) is 66.4 cm³/mol. The molecule has 1 heterocycles. The zero-order valence-corrected chi connectivity index (χ0v) is 10.0. The summed E-state index contributed by atoms with van der Waals surface area (Å²) < 4.78 is 11.0. The van der Waals surface area contributed by atoms with Crippen molar-refractivity contribution < 1.29 is 9.47 Å². The summed E-state index contributed by atoms with van der Waals surface area (Å²) in [5.41, 5.74) is 0. The Balaban J connectivity index is 0.00000128. The van der Waals surface area contributed by atoms with Crippen molar-refractivity contribution in [3.8, 4) is 5.75 Å². The Labute approximate surface area is 103 Å². The van der Waals surface area contributed by atoms with Crippen LogP contribution in [0.3, 0.4) is 0 Å². The number of rotatable bonds is 4. The molecule has 1 aliphatic rings. The Morgan fingerprint density at radius 1 is 1.31 bits per heavy atom. The summed E-state index contributed by atoms with van der Waals surface area (Å²) in [6, 6.07) is 10.4. The number of nitrogens with one attached hydrogen (secondary N) is 1. The number of ether oxygens (including phenoxy) is 2. The summed E-state index contributed by atoms with van der Waals surface area (Å²) in [5.74, 6) is 0.939. The molecule has 1 aliphatic heterocycles. The van der Waals surface area contributed by atoms with E-state index in [1.54, 1.807) is 0 Å². The Kier molecular flexibility index (Phi) is 6.23. The van der Waals surface area contributed by atoms with Crippen molar-refractivity contribution in [2.75, 3.05) is 26.4 Å². The maximum Gasteiger partial charge on any atom is 0.119 e. The molecule has 1 atom stereocenters. The molecule has 2 rings (SSSR count). The van der Waals surface area contributed by atoms with Gasteiger partial charge in [-0.05, 0) is 18.6 Å². The second-order valence-corrected chi connectivity index (χ2v) is 3.68. The molecule has 0 unspecified atom stereocenters. The van der Waals surface area contributed by atoms with E-state index in [0.717, 1.165) is 38.5 Å². The third kappa shape index (κ3) is 4.39. The molecule has 0 spiro atoms. The van der Waals surface area contributed by atoms with Crippen LogP contribution in [0.5, 0.6) is 5.75 Å². The highest BCUT2D eigenvalue weighted by Crippen LogP contribution is 2.09. The van der Waals surface area contributed by atoms with Crippen LogP contribution in [-0.4, -0.2) is 32.4 Å². The highest BCUT2D eigenvalue weighted by atomic mass is 35.5. The summed E-state index contributed by atoms with van der Waals surface area (Å²) in [4.78, 5) is 0. The molecule has 0 bridgehead atoms. The predicted octanol–water partition coefficient (Wildman–Crippen LogP) is 1.87. The monoisotopic (exact) mass is 243 g/mol. The molecular weight excluding hydrogens is 226 g/mol. The lowest BCUT2D eigenvalue weighted by Gasteiger charge is -2.23. The molecule has 1 fully saturated rings. The highest BCUT2D eigenvalue weighted by molar-refractivity contribution is 5.85. The summed E-state index contributed by atoms with van der Waals surface area (Å²) >= 11 is 0. The number of benzene rings is 1. The van der Waals surface area contributed by atoms with Crippen LogP contribution in [0.1, 0.15) is 6.42 Å². The standard InChI is InChI=1S/C12H17NO2.ClH/c1-2-4-12(5-3-1)15-8-6-11-10-14-9-7-13-11;/h1-5,11,13H,6-10H2;1H/t11-;/m1./s1. The van der Waals surface area contributed by atoms with Gasteiger partial charge in [0.2, 0.25) is 0 Å². The minimum Gasteiger partial charge on any atom is -0.494 e. The van der Waals surface area contributed by atoms with Crippen molar-refractivity contribution in [1.29, 1.82) is 0 Å². The van der Waals surface area contributed by atoms with Crippen LogP contribution >= 0.6 is 12.4 Å². The van der Waals surface area contributed by atoms with Gasteiger partial charge in [0.15, 0.2) is 0 Å². The Morgan fingerprint density at radius 2 is 2.12 bits per heavy atom. The molecule has 4 heteroatoms. The van der Waals surface area contributed by atoms with E-state index in [2.05, 4.69) is 5.32 Å². The first-order chi connectivity index (χ1) is 7.45. The third-order valence-corrected chi connectivity index (χ3v) is 2.48. The molecule has 1 N–H and O–H groups in total. The van der Waals surface area contributed by atoms with Crippen LogP contribution in [-0.2, 0) is 4.74 Å². The average molecular weight is 244 g/mol. The van der Waals surface area contributed by atoms with E-state index < -0.39 is 0 Å². The van der Waals surface area contributed by atoms with E-state index in [-0.39, 0.29) is 12.4 Å². The van der Waals surface area contributed by atoms with Crippen molar-refractivity contribution in [1.82, 2.24) is 5.32 Å². The first-order valence-corrected chi connectivity index (χ1v) is 5.44. The van der Waals surface area contributed by atoms with Crippen molar-refractivity contribution in [3.05, 3.63) is 30.3 Å². The summed E-state index contributed by atoms with van der Waals surface area (Å²) in [5, 5.41) is 3.40. The lowest BCUT2D eigenvalue weighted by atomic mass is 10.2. The van der Waals surface area contributed by atoms with Gasteiger partial charge in [-0.25, -0.2) is 0 Å². The van der Waals surface area contributed by atoms with Gasteiger partial charge in [-0.3, -0.25) is 0 Å². The van der Waals surface area contributed by atoms with Gasteiger partial charge < -0.3 is 14.8 Å². The molecule has 0 aliphatic carbocycles. The fourth-order valence-corrected chi connectivity index (χ4v) is 1.64. The number of hydrogen-bond donors (Lipinski definition) is 1. The van der Waals surface area contributed by atoms with E-state index in [0.29, 0.717) is 6.04 Å². The molecule has 90 valence electrons. The van der Waals surface area contributed by atoms with E-state index >= 15 is 0 Å². The minimum absolute atomic E-state index is 0. The molecule has 0 amide bonds. The van der Waals surface area contributed by atoms with Crippen LogP contribution in [0.4, 0.5) is 0 Å². The molecule has 1 aromatic rings. The number of para-hydroxylation sites is 1. The van der Waals surface area contributed by atoms with Crippen LogP contribution in [0, 0.1) is 0 Å². The summed E-state index contributed by atoms with van der Waals surface area (Å²) in [6.07, 6.45) is 0.995. The van der Waals surface area contributed by atoms with Crippen LogP contribution in [0.25, 0.3) is 0 Å². The number of halogens is 1. The van der Waals surface area contributed by atoms with Gasteiger partial charge in [0, 0.05) is 12.6 Å². The van der Waals surface area contributed by atoms with Gasteiger partial charge in [-0.2, -0.15) is 0 Å². The van der Waals surface area contributed by atoms with Crippen LogP contribution in [0.2, 0.25) is 0 Å². The normalized spacial score (nSPS) is 19.9. The first kappa shape index (κ1) is 13.3. The average Bonchev–Trinajstić information content (AvgIpc) is 2.32. The highest BCUT2D eigenvalue weighted by Gasteiger charge is 2.12. The molecule has 1 saturated heterocycles. The Hall–Kier alpha value is -0.770. The van der Waals surface area contributed by atoms with Crippen molar-refractivity contribution in [2.24, 2.45) is 0 Å². The van der Waals surface area contributed by atoms with Gasteiger partial charge in [-0.15, -0.1) is 12.4 Å². The van der Waals surface area contributed by atoms with E-state index in [9.17, 15) is 0 Å². The molecule has 0 saturated carbocycles. The molecule has 0 aromatic heterocycles. The van der Waals surface area contributed by atoms with Crippen LogP contribution in [0.15, 0.2) is 30.3 Å². The Morgan fingerprint density at radius 3 is 2.81 bits per heavy atom. The molecular formula is C12H18ClNO2. The summed E-state index contributed by atoms with van der Waals surface area (Å²) in [7, 11) is 0. The topological polar surface area (TPSA) is 30.5 Å².